The first-order chi connectivity index (χ1) is 8.58. The third-order valence-corrected chi connectivity index (χ3v) is 4.55. The summed E-state index contributed by atoms with van der Waals surface area (Å²) >= 11 is 7.46. The maximum Gasteiger partial charge on any atom is 0.346 e. The smallest absolute Gasteiger partial charge is 0.346 e. The number of aromatic carboxylic acids is 1. The molecule has 3 rings (SSSR count). The third kappa shape index (κ3) is 1.64. The summed E-state index contributed by atoms with van der Waals surface area (Å²) < 4.78 is 0.938. The Kier molecular flexibility index (Phi) is 2.64. The van der Waals surface area contributed by atoms with E-state index in [4.69, 9.17) is 11.6 Å². The zero-order valence-electron chi connectivity index (χ0n) is 9.61. The minimum atomic E-state index is -0.873. The lowest BCUT2D eigenvalue weighted by Crippen LogP contribution is -2.03. The van der Waals surface area contributed by atoms with E-state index < -0.39 is 5.97 Å². The van der Waals surface area contributed by atoms with Gasteiger partial charge in [-0.05, 0) is 30.0 Å². The van der Waals surface area contributed by atoms with Crippen molar-refractivity contribution >= 4 is 50.9 Å². The van der Waals surface area contributed by atoms with Crippen LogP contribution >= 0.6 is 22.9 Å². The van der Waals surface area contributed by atoms with Crippen LogP contribution in [0.4, 0.5) is 5.69 Å². The Morgan fingerprint density at radius 3 is 3.06 bits per heavy atom. The number of halogens is 1. The van der Waals surface area contributed by atoms with Gasteiger partial charge in [0.05, 0.1) is 10.7 Å². The standard InChI is InChI=1S/C13H10ClNO2S/c1-6-4-7-10-9(18-12(7)13(16)17)3-2-8(14)11(10)15-5-6/h2-3,5-6H,4H2,1H3,(H,16,17). The second kappa shape index (κ2) is 4.07. The van der Waals surface area contributed by atoms with E-state index in [9.17, 15) is 9.90 Å². The Morgan fingerprint density at radius 2 is 2.33 bits per heavy atom. The summed E-state index contributed by atoms with van der Waals surface area (Å²) in [4.78, 5) is 16.1. The van der Waals surface area contributed by atoms with Crippen LogP contribution in [-0.2, 0) is 6.42 Å². The fourth-order valence-electron chi connectivity index (χ4n) is 2.28. The first kappa shape index (κ1) is 11.7. The van der Waals surface area contributed by atoms with Crippen LogP contribution in [0.1, 0.15) is 22.2 Å². The van der Waals surface area contributed by atoms with Gasteiger partial charge in [-0.2, -0.15) is 0 Å². The summed E-state index contributed by atoms with van der Waals surface area (Å²) in [7, 11) is 0. The van der Waals surface area contributed by atoms with Crippen LogP contribution in [0.25, 0.3) is 10.1 Å². The molecule has 1 unspecified atom stereocenters. The van der Waals surface area contributed by atoms with Crippen molar-refractivity contribution in [2.75, 3.05) is 0 Å². The molecule has 1 atom stereocenters. The minimum Gasteiger partial charge on any atom is -0.477 e. The molecule has 0 radical (unpaired) electrons. The second-order valence-electron chi connectivity index (χ2n) is 4.44. The number of benzene rings is 1. The predicted molar refractivity (Wildman–Crippen MR) is 74.8 cm³/mol. The molecule has 2 aromatic rings. The molecule has 92 valence electrons. The maximum absolute atomic E-state index is 11.3. The molecule has 0 bridgehead atoms. The highest BCUT2D eigenvalue weighted by Crippen LogP contribution is 2.43. The van der Waals surface area contributed by atoms with Crippen LogP contribution in [-0.4, -0.2) is 17.3 Å². The first-order valence-corrected chi connectivity index (χ1v) is 6.78. The number of carbonyl (C=O) groups is 1. The van der Waals surface area contributed by atoms with Crippen LogP contribution in [0.3, 0.4) is 0 Å². The lowest BCUT2D eigenvalue weighted by molar-refractivity contribution is 0.0701. The molecule has 2 heterocycles. The van der Waals surface area contributed by atoms with Crippen molar-refractivity contribution in [2.24, 2.45) is 10.9 Å². The SMILES string of the molecule is CC1C=Nc2c(Cl)ccc3sc(C(=O)O)c(c23)C1. The second-order valence-corrected chi connectivity index (χ2v) is 5.90. The van der Waals surface area contributed by atoms with Gasteiger partial charge in [0.2, 0.25) is 0 Å². The number of rotatable bonds is 1. The van der Waals surface area contributed by atoms with E-state index in [-0.39, 0.29) is 5.92 Å². The largest absolute Gasteiger partial charge is 0.477 e. The van der Waals surface area contributed by atoms with Gasteiger partial charge >= 0.3 is 5.97 Å². The highest BCUT2D eigenvalue weighted by molar-refractivity contribution is 7.21. The molecular formula is C13H10ClNO2S. The molecule has 0 aliphatic carbocycles. The predicted octanol–water partition coefficient (Wildman–Crippen LogP) is 4.15. The molecule has 18 heavy (non-hydrogen) atoms. The molecule has 5 heteroatoms. The van der Waals surface area contributed by atoms with Crippen LogP contribution in [0.5, 0.6) is 0 Å². The zero-order chi connectivity index (χ0) is 12.9. The Hall–Kier alpha value is -1.39. The quantitative estimate of drug-likeness (QED) is 0.852. The Bertz CT molecular complexity index is 690. The Morgan fingerprint density at radius 1 is 1.56 bits per heavy atom. The lowest BCUT2D eigenvalue weighted by Gasteiger charge is -2.03. The van der Waals surface area contributed by atoms with Crippen LogP contribution in [0, 0.1) is 5.92 Å². The summed E-state index contributed by atoms with van der Waals surface area (Å²) in [5.74, 6) is -0.660. The number of carboxylic acid groups (broad SMARTS) is 1. The number of hydrogen-bond acceptors (Lipinski definition) is 3. The zero-order valence-corrected chi connectivity index (χ0v) is 11.2. The topological polar surface area (TPSA) is 49.7 Å². The van der Waals surface area contributed by atoms with E-state index in [2.05, 4.69) is 4.99 Å². The van der Waals surface area contributed by atoms with Crippen LogP contribution in [0.2, 0.25) is 5.02 Å². The van der Waals surface area contributed by atoms with Crippen molar-refractivity contribution in [3.63, 3.8) is 0 Å². The van der Waals surface area contributed by atoms with Crippen molar-refractivity contribution in [1.82, 2.24) is 0 Å². The van der Waals surface area contributed by atoms with Crippen molar-refractivity contribution in [1.29, 1.82) is 0 Å². The Labute approximate surface area is 113 Å². The molecule has 1 aliphatic rings. The van der Waals surface area contributed by atoms with Gasteiger partial charge in [-0.25, -0.2) is 4.79 Å². The van der Waals surface area contributed by atoms with Crippen molar-refractivity contribution < 1.29 is 9.90 Å². The lowest BCUT2D eigenvalue weighted by atomic mass is 10.00. The maximum atomic E-state index is 11.3. The van der Waals surface area contributed by atoms with Crippen molar-refractivity contribution in [3.8, 4) is 0 Å². The molecule has 0 amide bonds. The van der Waals surface area contributed by atoms with Crippen LogP contribution in [0.15, 0.2) is 17.1 Å². The van der Waals surface area contributed by atoms with Gasteiger partial charge in [0.25, 0.3) is 0 Å². The molecular weight excluding hydrogens is 270 g/mol. The monoisotopic (exact) mass is 279 g/mol. The van der Waals surface area contributed by atoms with Gasteiger partial charge in [-0.15, -0.1) is 11.3 Å². The number of carboxylic acids is 1. The van der Waals surface area contributed by atoms with E-state index >= 15 is 0 Å². The molecule has 3 nitrogen and oxygen atoms in total. The van der Waals surface area contributed by atoms with E-state index in [0.29, 0.717) is 22.0 Å². The van der Waals surface area contributed by atoms with Crippen molar-refractivity contribution in [2.45, 2.75) is 13.3 Å². The van der Waals surface area contributed by atoms with Crippen LogP contribution < -0.4 is 0 Å². The Balaban J connectivity index is 2.44. The van der Waals surface area contributed by atoms with Gasteiger partial charge in [0, 0.05) is 16.3 Å². The van der Waals surface area contributed by atoms with Gasteiger partial charge in [0.15, 0.2) is 0 Å². The van der Waals surface area contributed by atoms with E-state index in [0.717, 1.165) is 15.6 Å². The molecule has 0 spiro atoms. The molecule has 1 aromatic heterocycles. The van der Waals surface area contributed by atoms with E-state index in [1.54, 1.807) is 6.07 Å². The summed E-state index contributed by atoms with van der Waals surface area (Å²) in [6, 6.07) is 3.64. The molecule has 0 saturated carbocycles. The summed E-state index contributed by atoms with van der Waals surface area (Å²) in [5.41, 5.74) is 1.57. The summed E-state index contributed by atoms with van der Waals surface area (Å²) in [5, 5.41) is 10.8. The van der Waals surface area contributed by atoms with E-state index in [1.165, 1.54) is 11.3 Å². The fourth-order valence-corrected chi connectivity index (χ4v) is 3.56. The number of aliphatic imine (C=N–C) groups is 1. The summed E-state index contributed by atoms with van der Waals surface area (Å²) in [6.45, 7) is 2.03. The van der Waals surface area contributed by atoms with Gasteiger partial charge < -0.3 is 5.11 Å². The molecule has 0 saturated heterocycles. The third-order valence-electron chi connectivity index (χ3n) is 3.06. The van der Waals surface area contributed by atoms with Gasteiger partial charge in [-0.3, -0.25) is 4.99 Å². The average molecular weight is 280 g/mol. The molecule has 1 aromatic carbocycles. The number of thiophene rings is 1. The number of nitrogens with zero attached hydrogens (tertiary/aromatic N) is 1. The summed E-state index contributed by atoms with van der Waals surface area (Å²) in [6.07, 6.45) is 2.54. The highest BCUT2D eigenvalue weighted by atomic mass is 35.5. The van der Waals surface area contributed by atoms with E-state index in [1.807, 2.05) is 19.2 Å². The van der Waals surface area contributed by atoms with Crippen molar-refractivity contribution in [3.05, 3.63) is 27.6 Å². The minimum absolute atomic E-state index is 0.212. The normalized spacial score (nSPS) is 18.0. The molecule has 1 aliphatic heterocycles. The van der Waals surface area contributed by atoms with Gasteiger partial charge in [0.1, 0.15) is 4.88 Å². The molecule has 1 N–H and O–H groups in total. The average Bonchev–Trinajstić information content (AvgIpc) is 2.57. The van der Waals surface area contributed by atoms with Gasteiger partial charge in [-0.1, -0.05) is 18.5 Å². The highest BCUT2D eigenvalue weighted by Gasteiger charge is 2.23. The molecule has 0 fully saturated rings. The fraction of sp³-hybridized carbons (Fsp3) is 0.231. The number of hydrogen-bond donors (Lipinski definition) is 1. The first-order valence-electron chi connectivity index (χ1n) is 5.59.